The Morgan fingerprint density at radius 3 is 2.52 bits per heavy atom. The summed E-state index contributed by atoms with van der Waals surface area (Å²) in [6.07, 6.45) is 3.94. The Labute approximate surface area is 124 Å². The van der Waals surface area contributed by atoms with E-state index in [1.54, 1.807) is 0 Å². The van der Waals surface area contributed by atoms with E-state index in [4.69, 9.17) is 4.98 Å². The molecule has 2 aliphatic rings. The van der Waals surface area contributed by atoms with Crippen LogP contribution in [-0.4, -0.2) is 46.7 Å². The molecule has 6 heteroatoms. The van der Waals surface area contributed by atoms with Crippen molar-refractivity contribution in [3.63, 3.8) is 0 Å². The molecule has 114 valence electrons. The van der Waals surface area contributed by atoms with Crippen molar-refractivity contribution in [2.45, 2.75) is 45.6 Å². The second kappa shape index (κ2) is 5.50. The van der Waals surface area contributed by atoms with Gasteiger partial charge in [0.05, 0.1) is 0 Å². The van der Waals surface area contributed by atoms with Gasteiger partial charge in [0.15, 0.2) is 0 Å². The maximum Gasteiger partial charge on any atom is 0.326 e. The van der Waals surface area contributed by atoms with Crippen LogP contribution in [0.25, 0.3) is 0 Å². The van der Waals surface area contributed by atoms with Crippen LogP contribution in [0, 0.1) is 13.8 Å². The van der Waals surface area contributed by atoms with E-state index in [1.807, 2.05) is 18.7 Å². The minimum absolute atomic E-state index is 0.454. The van der Waals surface area contributed by atoms with E-state index >= 15 is 0 Å². The lowest BCUT2D eigenvalue weighted by molar-refractivity contribution is -0.138. The van der Waals surface area contributed by atoms with Crippen molar-refractivity contribution in [1.29, 1.82) is 0 Å². The number of hydrogen-bond acceptors (Lipinski definition) is 5. The van der Waals surface area contributed by atoms with Gasteiger partial charge in [0, 0.05) is 30.9 Å². The first-order chi connectivity index (χ1) is 10.1. The number of rotatable bonds is 3. The molecule has 1 atom stereocenters. The summed E-state index contributed by atoms with van der Waals surface area (Å²) in [6, 6.07) is -0.454. The molecule has 0 saturated carbocycles. The number of nitrogens with zero attached hydrogens (tertiary/aromatic N) is 4. The molecule has 2 saturated heterocycles. The highest BCUT2D eigenvalue weighted by atomic mass is 16.4. The van der Waals surface area contributed by atoms with Crippen molar-refractivity contribution < 1.29 is 9.90 Å². The maximum absolute atomic E-state index is 11.4. The normalized spacial score (nSPS) is 22.1. The molecule has 0 bridgehead atoms. The maximum atomic E-state index is 11.4. The van der Waals surface area contributed by atoms with Crippen molar-refractivity contribution in [2.24, 2.45) is 0 Å². The van der Waals surface area contributed by atoms with E-state index in [-0.39, 0.29) is 0 Å². The topological polar surface area (TPSA) is 69.6 Å². The Kier molecular flexibility index (Phi) is 3.69. The van der Waals surface area contributed by atoms with Gasteiger partial charge in [-0.05, 0) is 39.5 Å². The van der Waals surface area contributed by atoms with Crippen molar-refractivity contribution in [3.8, 4) is 0 Å². The van der Waals surface area contributed by atoms with Crippen molar-refractivity contribution >= 4 is 17.7 Å². The lowest BCUT2D eigenvalue weighted by atomic mass is 10.2. The van der Waals surface area contributed by atoms with Gasteiger partial charge < -0.3 is 14.9 Å². The lowest BCUT2D eigenvalue weighted by Gasteiger charge is -2.26. The molecule has 0 unspecified atom stereocenters. The molecular weight excluding hydrogens is 268 g/mol. The summed E-state index contributed by atoms with van der Waals surface area (Å²) in [7, 11) is 0. The highest BCUT2D eigenvalue weighted by Gasteiger charge is 2.33. The van der Waals surface area contributed by atoms with Crippen LogP contribution >= 0.6 is 0 Å². The Bertz CT molecular complexity index is 555. The van der Waals surface area contributed by atoms with Crippen LogP contribution in [0.15, 0.2) is 0 Å². The van der Waals surface area contributed by atoms with Gasteiger partial charge in [-0.1, -0.05) is 0 Å². The van der Waals surface area contributed by atoms with Crippen LogP contribution in [0.4, 0.5) is 11.8 Å². The number of aryl methyl sites for hydroxylation is 1. The second-order valence-corrected chi connectivity index (χ2v) is 5.94. The first-order valence-electron chi connectivity index (χ1n) is 7.67. The Morgan fingerprint density at radius 2 is 1.86 bits per heavy atom. The molecule has 1 N–H and O–H groups in total. The smallest absolute Gasteiger partial charge is 0.326 e. The van der Waals surface area contributed by atoms with Crippen molar-refractivity contribution in [1.82, 2.24) is 9.97 Å². The van der Waals surface area contributed by atoms with Gasteiger partial charge in [0.25, 0.3) is 0 Å². The molecule has 6 nitrogen and oxygen atoms in total. The number of carbonyl (C=O) groups is 1. The number of aliphatic carboxylic acids is 1. The summed E-state index contributed by atoms with van der Waals surface area (Å²) in [6.45, 7) is 6.70. The zero-order valence-corrected chi connectivity index (χ0v) is 12.7. The molecule has 0 amide bonds. The summed E-state index contributed by atoms with van der Waals surface area (Å²) in [5, 5.41) is 9.39. The van der Waals surface area contributed by atoms with Crippen LogP contribution in [0.5, 0.6) is 0 Å². The molecule has 21 heavy (non-hydrogen) atoms. The molecule has 1 aromatic heterocycles. The van der Waals surface area contributed by atoms with E-state index in [9.17, 15) is 9.90 Å². The van der Waals surface area contributed by atoms with Gasteiger partial charge >= 0.3 is 5.97 Å². The number of anilines is 2. The summed E-state index contributed by atoms with van der Waals surface area (Å²) in [4.78, 5) is 24.9. The van der Waals surface area contributed by atoms with Gasteiger partial charge in [0.1, 0.15) is 11.9 Å². The lowest BCUT2D eigenvalue weighted by Crippen LogP contribution is -2.37. The molecule has 0 aliphatic carbocycles. The summed E-state index contributed by atoms with van der Waals surface area (Å²) in [5.74, 6) is 0.793. The Balaban J connectivity index is 1.98. The average Bonchev–Trinajstić information content (AvgIpc) is 3.11. The quantitative estimate of drug-likeness (QED) is 0.914. The highest BCUT2D eigenvalue weighted by molar-refractivity contribution is 5.79. The Morgan fingerprint density at radius 1 is 1.14 bits per heavy atom. The van der Waals surface area contributed by atoms with Crippen LogP contribution in [0.1, 0.15) is 36.9 Å². The first-order valence-corrected chi connectivity index (χ1v) is 7.67. The number of carboxylic acid groups (broad SMARTS) is 1. The van der Waals surface area contributed by atoms with Gasteiger partial charge in [-0.3, -0.25) is 0 Å². The van der Waals surface area contributed by atoms with E-state index in [0.717, 1.165) is 49.1 Å². The second-order valence-electron chi connectivity index (χ2n) is 5.94. The third-order valence-electron chi connectivity index (χ3n) is 4.55. The van der Waals surface area contributed by atoms with Crippen molar-refractivity contribution in [3.05, 3.63) is 11.3 Å². The fourth-order valence-electron chi connectivity index (χ4n) is 3.21. The monoisotopic (exact) mass is 290 g/mol. The number of hydrogen-bond donors (Lipinski definition) is 1. The van der Waals surface area contributed by atoms with E-state index in [1.165, 1.54) is 12.8 Å². The molecule has 2 fully saturated rings. The van der Waals surface area contributed by atoms with Gasteiger partial charge in [-0.2, -0.15) is 4.98 Å². The standard InChI is InChI=1S/C15H22N4O2/c1-10-11(2)16-15(18-7-3-4-8-18)17-13(10)19-9-5-6-12(19)14(20)21/h12H,3-9H2,1-2H3,(H,20,21)/t12-/m1/s1. The molecule has 0 radical (unpaired) electrons. The number of aromatic nitrogens is 2. The predicted molar refractivity (Wildman–Crippen MR) is 81.0 cm³/mol. The first kappa shape index (κ1) is 14.1. The summed E-state index contributed by atoms with van der Waals surface area (Å²) >= 11 is 0. The average molecular weight is 290 g/mol. The molecule has 1 aromatic rings. The largest absolute Gasteiger partial charge is 0.480 e. The predicted octanol–water partition coefficient (Wildman–Crippen LogP) is 1.75. The van der Waals surface area contributed by atoms with E-state index < -0.39 is 12.0 Å². The molecule has 0 spiro atoms. The molecule has 3 rings (SSSR count). The van der Waals surface area contributed by atoms with E-state index in [2.05, 4.69) is 9.88 Å². The third-order valence-corrected chi connectivity index (χ3v) is 4.55. The van der Waals surface area contributed by atoms with Gasteiger partial charge in [-0.25, -0.2) is 9.78 Å². The zero-order chi connectivity index (χ0) is 15.0. The van der Waals surface area contributed by atoms with Crippen LogP contribution in [0.2, 0.25) is 0 Å². The summed E-state index contributed by atoms with van der Waals surface area (Å²) in [5.41, 5.74) is 1.93. The summed E-state index contributed by atoms with van der Waals surface area (Å²) < 4.78 is 0. The van der Waals surface area contributed by atoms with E-state index in [0.29, 0.717) is 6.42 Å². The van der Waals surface area contributed by atoms with Crippen molar-refractivity contribution in [2.75, 3.05) is 29.4 Å². The third kappa shape index (κ3) is 2.54. The fourth-order valence-corrected chi connectivity index (χ4v) is 3.21. The number of carboxylic acids is 1. The molecule has 2 aliphatic heterocycles. The van der Waals surface area contributed by atoms with Gasteiger partial charge in [0.2, 0.25) is 5.95 Å². The molecule has 3 heterocycles. The molecule has 0 aromatic carbocycles. The Hall–Kier alpha value is -1.85. The van der Waals surface area contributed by atoms with Crippen LogP contribution < -0.4 is 9.80 Å². The molecular formula is C15H22N4O2. The van der Waals surface area contributed by atoms with Crippen LogP contribution in [0.3, 0.4) is 0 Å². The van der Waals surface area contributed by atoms with Crippen LogP contribution in [-0.2, 0) is 4.79 Å². The minimum atomic E-state index is -0.758. The van der Waals surface area contributed by atoms with Gasteiger partial charge in [-0.15, -0.1) is 0 Å². The highest BCUT2D eigenvalue weighted by Crippen LogP contribution is 2.30. The minimum Gasteiger partial charge on any atom is -0.480 e. The zero-order valence-electron chi connectivity index (χ0n) is 12.7. The fraction of sp³-hybridized carbons (Fsp3) is 0.667. The SMILES string of the molecule is Cc1nc(N2CCCC2)nc(N2CCC[C@@H]2C(=O)O)c1C.